The van der Waals surface area contributed by atoms with Crippen molar-refractivity contribution in [3.8, 4) is 0 Å². The first kappa shape index (κ1) is 15.1. The predicted molar refractivity (Wildman–Crippen MR) is 79.2 cm³/mol. The van der Waals surface area contributed by atoms with E-state index in [0.717, 1.165) is 18.1 Å². The first-order valence-electron chi connectivity index (χ1n) is 7.14. The van der Waals surface area contributed by atoms with Crippen molar-refractivity contribution in [1.82, 2.24) is 4.90 Å². The van der Waals surface area contributed by atoms with Crippen LogP contribution in [0.2, 0.25) is 0 Å². The Labute approximate surface area is 120 Å². The number of nitrogens with zero attached hydrogens (tertiary/aromatic N) is 1. The summed E-state index contributed by atoms with van der Waals surface area (Å²) in [5.74, 6) is 2.14. The van der Waals surface area contributed by atoms with Crippen LogP contribution in [-0.2, 0) is 9.53 Å². The highest BCUT2D eigenvalue weighted by molar-refractivity contribution is 7.99. The van der Waals surface area contributed by atoms with Gasteiger partial charge < -0.3 is 15.4 Å². The van der Waals surface area contributed by atoms with E-state index in [9.17, 15) is 4.79 Å². The highest BCUT2D eigenvalue weighted by Gasteiger charge is 2.64. The first-order valence-corrected chi connectivity index (χ1v) is 8.29. The summed E-state index contributed by atoms with van der Waals surface area (Å²) >= 11 is 1.91. The van der Waals surface area contributed by atoms with E-state index in [1.54, 1.807) is 0 Å². The molecule has 0 aromatic carbocycles. The second-order valence-corrected chi connectivity index (χ2v) is 7.41. The Morgan fingerprint density at radius 2 is 2.21 bits per heavy atom. The van der Waals surface area contributed by atoms with Crippen LogP contribution in [0.3, 0.4) is 0 Å². The van der Waals surface area contributed by atoms with E-state index in [1.165, 1.54) is 0 Å². The van der Waals surface area contributed by atoms with Crippen LogP contribution < -0.4 is 5.73 Å². The number of thioether (sulfide) groups is 1. The van der Waals surface area contributed by atoms with Gasteiger partial charge in [0.1, 0.15) is 5.54 Å². The predicted octanol–water partition coefficient (Wildman–Crippen LogP) is 1.48. The average Bonchev–Trinajstić information content (AvgIpc) is 2.38. The monoisotopic (exact) mass is 286 g/mol. The van der Waals surface area contributed by atoms with Gasteiger partial charge in [0.15, 0.2) is 0 Å². The van der Waals surface area contributed by atoms with E-state index < -0.39 is 5.54 Å². The summed E-state index contributed by atoms with van der Waals surface area (Å²) in [4.78, 5) is 14.8. The molecule has 1 heterocycles. The summed E-state index contributed by atoms with van der Waals surface area (Å²) in [6, 6.07) is 0.286. The van der Waals surface area contributed by atoms with Gasteiger partial charge in [-0.3, -0.25) is 4.79 Å². The van der Waals surface area contributed by atoms with Crippen LogP contribution in [0.4, 0.5) is 0 Å². The summed E-state index contributed by atoms with van der Waals surface area (Å²) < 4.78 is 5.70. The van der Waals surface area contributed by atoms with Crippen LogP contribution in [0.25, 0.3) is 0 Å². The van der Waals surface area contributed by atoms with E-state index in [1.807, 2.05) is 23.6 Å². The molecule has 3 atom stereocenters. The fraction of sp³-hybridized carbons (Fsp3) is 0.929. The maximum atomic E-state index is 12.8. The highest BCUT2D eigenvalue weighted by Crippen LogP contribution is 2.50. The molecule has 0 spiro atoms. The average molecular weight is 286 g/mol. The Balaban J connectivity index is 2.11. The summed E-state index contributed by atoms with van der Waals surface area (Å²) in [6.07, 6.45) is 0.740. The number of ether oxygens (including phenoxy) is 1. The molecule has 19 heavy (non-hydrogen) atoms. The molecule has 1 saturated heterocycles. The third kappa shape index (κ3) is 2.30. The third-order valence-electron chi connectivity index (χ3n) is 4.84. The van der Waals surface area contributed by atoms with Crippen molar-refractivity contribution < 1.29 is 9.53 Å². The lowest BCUT2D eigenvalue weighted by Crippen LogP contribution is -2.76. The van der Waals surface area contributed by atoms with Gasteiger partial charge in [-0.15, -0.1) is 0 Å². The summed E-state index contributed by atoms with van der Waals surface area (Å²) in [5.41, 5.74) is 5.41. The number of nitrogens with two attached hydrogens (primary N) is 1. The molecular weight excluding hydrogens is 260 g/mol. The lowest BCUT2D eigenvalue weighted by molar-refractivity contribution is -0.180. The van der Waals surface area contributed by atoms with Crippen LogP contribution in [0.15, 0.2) is 0 Å². The van der Waals surface area contributed by atoms with Gasteiger partial charge in [-0.1, -0.05) is 13.8 Å². The molecular formula is C14H26N2O2S. The molecule has 0 aromatic heterocycles. The zero-order valence-electron chi connectivity index (χ0n) is 12.4. The Hall–Kier alpha value is -0.260. The summed E-state index contributed by atoms with van der Waals surface area (Å²) in [5, 5.41) is 0. The SMILES string of the molecule is CCOC1CC(N)(C(=O)N2CCSCC2C)C1(C)C. The molecule has 1 aliphatic heterocycles. The van der Waals surface area contributed by atoms with E-state index in [0.29, 0.717) is 13.0 Å². The summed E-state index contributed by atoms with van der Waals surface area (Å²) in [7, 11) is 0. The minimum atomic E-state index is -0.761. The largest absolute Gasteiger partial charge is 0.378 e. The highest BCUT2D eigenvalue weighted by atomic mass is 32.2. The Morgan fingerprint density at radius 1 is 1.53 bits per heavy atom. The Morgan fingerprint density at radius 3 is 2.74 bits per heavy atom. The van der Waals surface area contributed by atoms with Crippen molar-refractivity contribution >= 4 is 17.7 Å². The van der Waals surface area contributed by atoms with Crippen LogP contribution in [-0.4, -0.2) is 53.1 Å². The van der Waals surface area contributed by atoms with Crippen LogP contribution in [0.1, 0.15) is 34.1 Å². The van der Waals surface area contributed by atoms with Gasteiger partial charge in [-0.25, -0.2) is 0 Å². The minimum Gasteiger partial charge on any atom is -0.378 e. The van der Waals surface area contributed by atoms with E-state index in [-0.39, 0.29) is 23.5 Å². The van der Waals surface area contributed by atoms with Gasteiger partial charge in [0.2, 0.25) is 5.91 Å². The molecule has 1 aliphatic carbocycles. The van der Waals surface area contributed by atoms with Gasteiger partial charge in [-0.2, -0.15) is 11.8 Å². The van der Waals surface area contributed by atoms with Crippen molar-refractivity contribution in [2.75, 3.05) is 24.7 Å². The quantitative estimate of drug-likeness (QED) is 0.854. The Bertz CT molecular complexity index is 361. The van der Waals surface area contributed by atoms with Crippen LogP contribution in [0, 0.1) is 5.41 Å². The third-order valence-corrected chi connectivity index (χ3v) is 6.03. The smallest absolute Gasteiger partial charge is 0.243 e. The number of amides is 1. The maximum Gasteiger partial charge on any atom is 0.243 e. The maximum absolute atomic E-state index is 12.8. The second-order valence-electron chi connectivity index (χ2n) is 6.26. The summed E-state index contributed by atoms with van der Waals surface area (Å²) in [6.45, 7) is 9.70. The molecule has 1 amide bonds. The molecule has 2 rings (SSSR count). The fourth-order valence-corrected chi connectivity index (χ4v) is 4.10. The van der Waals surface area contributed by atoms with Gasteiger partial charge in [0.25, 0.3) is 0 Å². The van der Waals surface area contributed by atoms with Crippen molar-refractivity contribution in [3.63, 3.8) is 0 Å². The van der Waals surface area contributed by atoms with Gasteiger partial charge >= 0.3 is 0 Å². The number of carbonyl (C=O) groups excluding carboxylic acids is 1. The van der Waals surface area contributed by atoms with Gasteiger partial charge in [-0.05, 0) is 13.8 Å². The van der Waals surface area contributed by atoms with E-state index in [4.69, 9.17) is 10.5 Å². The molecule has 2 aliphatic rings. The zero-order chi connectivity index (χ0) is 14.3. The molecule has 0 aromatic rings. The molecule has 4 nitrogen and oxygen atoms in total. The standard InChI is InChI=1S/C14H26N2O2S/c1-5-18-11-8-14(15,13(11,3)4)12(17)16-6-7-19-9-10(16)2/h10-11H,5-9,15H2,1-4H3. The van der Waals surface area contributed by atoms with Crippen molar-refractivity contribution in [1.29, 1.82) is 0 Å². The number of hydrogen-bond donors (Lipinski definition) is 1. The molecule has 2 fully saturated rings. The minimum absolute atomic E-state index is 0.0981. The lowest BCUT2D eigenvalue weighted by atomic mass is 9.54. The number of carbonyl (C=O) groups is 1. The van der Waals surface area contributed by atoms with E-state index >= 15 is 0 Å². The van der Waals surface area contributed by atoms with Crippen LogP contribution >= 0.6 is 11.8 Å². The Kier molecular flexibility index (Phi) is 4.19. The number of rotatable bonds is 3. The topological polar surface area (TPSA) is 55.6 Å². The lowest BCUT2D eigenvalue weighted by Gasteiger charge is -2.59. The second kappa shape index (κ2) is 5.26. The zero-order valence-corrected chi connectivity index (χ0v) is 13.3. The molecule has 5 heteroatoms. The molecule has 2 N–H and O–H groups in total. The van der Waals surface area contributed by atoms with E-state index in [2.05, 4.69) is 20.8 Å². The molecule has 3 unspecified atom stereocenters. The van der Waals surface area contributed by atoms with Gasteiger partial charge in [0.05, 0.1) is 6.10 Å². The van der Waals surface area contributed by atoms with Crippen molar-refractivity contribution in [2.24, 2.45) is 11.1 Å². The van der Waals surface area contributed by atoms with Crippen LogP contribution in [0.5, 0.6) is 0 Å². The van der Waals surface area contributed by atoms with Gasteiger partial charge in [0, 0.05) is 42.5 Å². The number of hydrogen-bond acceptors (Lipinski definition) is 4. The fourth-order valence-electron chi connectivity index (χ4n) is 3.08. The first-order chi connectivity index (χ1) is 8.84. The van der Waals surface area contributed by atoms with Crippen molar-refractivity contribution in [2.45, 2.75) is 51.8 Å². The molecule has 0 bridgehead atoms. The molecule has 110 valence electrons. The molecule has 1 saturated carbocycles. The molecule has 0 radical (unpaired) electrons. The van der Waals surface area contributed by atoms with Crippen molar-refractivity contribution in [3.05, 3.63) is 0 Å². The normalized spacial score (nSPS) is 37.8.